The van der Waals surface area contributed by atoms with Gasteiger partial charge in [0.05, 0.1) is 24.3 Å². The molecule has 0 atom stereocenters. The zero-order valence-corrected chi connectivity index (χ0v) is 18.1. The van der Waals surface area contributed by atoms with Crippen LogP contribution in [0.3, 0.4) is 0 Å². The maximum atomic E-state index is 13.1. The first-order valence-electron chi connectivity index (χ1n) is 10.2. The Morgan fingerprint density at radius 3 is 2.44 bits per heavy atom. The van der Waals surface area contributed by atoms with E-state index in [1.807, 2.05) is 30.3 Å². The summed E-state index contributed by atoms with van der Waals surface area (Å²) in [5, 5.41) is 12.3. The quantitative estimate of drug-likeness (QED) is 0.631. The number of nitrogens with one attached hydrogen (secondary N) is 1. The van der Waals surface area contributed by atoms with Crippen molar-refractivity contribution in [3.63, 3.8) is 0 Å². The first-order valence-corrected chi connectivity index (χ1v) is 11.0. The molecule has 6 nitrogen and oxygen atoms in total. The molecule has 3 aromatic carbocycles. The van der Waals surface area contributed by atoms with E-state index in [4.69, 9.17) is 4.74 Å². The summed E-state index contributed by atoms with van der Waals surface area (Å²) >= 11 is 1.38. The van der Waals surface area contributed by atoms with Crippen molar-refractivity contribution in [3.8, 4) is 6.07 Å². The van der Waals surface area contributed by atoms with Gasteiger partial charge in [-0.15, -0.1) is 0 Å². The molecule has 3 aromatic rings. The van der Waals surface area contributed by atoms with E-state index in [1.165, 1.54) is 11.8 Å². The van der Waals surface area contributed by atoms with Gasteiger partial charge >= 0.3 is 0 Å². The Hall–Kier alpha value is -3.60. The van der Waals surface area contributed by atoms with Crippen molar-refractivity contribution in [1.29, 1.82) is 5.26 Å². The van der Waals surface area contributed by atoms with Crippen LogP contribution in [0.2, 0.25) is 0 Å². The van der Waals surface area contributed by atoms with Crippen molar-refractivity contribution < 1.29 is 14.3 Å². The van der Waals surface area contributed by atoms with Crippen LogP contribution in [-0.2, 0) is 4.74 Å². The summed E-state index contributed by atoms with van der Waals surface area (Å²) in [4.78, 5) is 29.1. The van der Waals surface area contributed by atoms with Crippen molar-refractivity contribution in [2.75, 3.05) is 31.6 Å². The summed E-state index contributed by atoms with van der Waals surface area (Å²) in [5.74, 6) is -0.355. The SMILES string of the molecule is N#Cc1ccccc1Sc1ccccc1C(=O)Nc1cccc(C(=O)N2CCOCC2)c1. The third kappa shape index (κ3) is 4.99. The van der Waals surface area contributed by atoms with Gasteiger partial charge in [0.25, 0.3) is 11.8 Å². The largest absolute Gasteiger partial charge is 0.378 e. The molecule has 4 rings (SSSR count). The van der Waals surface area contributed by atoms with Gasteiger partial charge in [0.15, 0.2) is 0 Å². The second-order valence-electron chi connectivity index (χ2n) is 7.15. The average Bonchev–Trinajstić information content (AvgIpc) is 2.85. The average molecular weight is 444 g/mol. The van der Waals surface area contributed by atoms with Gasteiger partial charge in [-0.25, -0.2) is 0 Å². The second-order valence-corrected chi connectivity index (χ2v) is 8.23. The lowest BCUT2D eigenvalue weighted by Gasteiger charge is -2.27. The zero-order chi connectivity index (χ0) is 22.3. The number of carbonyl (C=O) groups excluding carboxylic acids is 2. The fraction of sp³-hybridized carbons (Fsp3) is 0.160. The van der Waals surface area contributed by atoms with Crippen molar-refractivity contribution in [2.24, 2.45) is 0 Å². The van der Waals surface area contributed by atoms with Crippen LogP contribution in [0.25, 0.3) is 0 Å². The number of anilines is 1. The first-order chi connectivity index (χ1) is 15.7. The topological polar surface area (TPSA) is 82.4 Å². The standard InChI is InChI=1S/C25H21N3O3S/c26-17-19-6-1-3-10-22(19)32-23-11-4-2-9-21(23)24(29)27-20-8-5-7-18(16-20)25(30)28-12-14-31-15-13-28/h1-11,16H,12-15H2,(H,27,29). The smallest absolute Gasteiger partial charge is 0.256 e. The van der Waals surface area contributed by atoms with Crippen LogP contribution >= 0.6 is 11.8 Å². The molecule has 1 aliphatic heterocycles. The molecule has 0 saturated carbocycles. The summed E-state index contributed by atoms with van der Waals surface area (Å²) in [6, 6.07) is 23.7. The molecule has 2 amide bonds. The monoisotopic (exact) mass is 443 g/mol. The van der Waals surface area contributed by atoms with Gasteiger partial charge in [0, 0.05) is 34.1 Å². The molecular weight excluding hydrogens is 422 g/mol. The molecule has 0 radical (unpaired) electrons. The fourth-order valence-corrected chi connectivity index (χ4v) is 4.41. The number of benzene rings is 3. The van der Waals surface area contributed by atoms with Crippen LogP contribution in [-0.4, -0.2) is 43.0 Å². The van der Waals surface area contributed by atoms with Crippen molar-refractivity contribution in [1.82, 2.24) is 4.90 Å². The lowest BCUT2D eigenvalue weighted by molar-refractivity contribution is 0.0303. The molecule has 1 N–H and O–H groups in total. The highest BCUT2D eigenvalue weighted by Gasteiger charge is 2.19. The summed E-state index contributed by atoms with van der Waals surface area (Å²) in [5.41, 5.74) is 2.12. The van der Waals surface area contributed by atoms with E-state index in [0.717, 1.165) is 9.79 Å². The highest BCUT2D eigenvalue weighted by molar-refractivity contribution is 7.99. The van der Waals surface area contributed by atoms with Gasteiger partial charge in [0.1, 0.15) is 6.07 Å². The molecule has 1 saturated heterocycles. The van der Waals surface area contributed by atoms with Gasteiger partial charge in [0.2, 0.25) is 0 Å². The van der Waals surface area contributed by atoms with E-state index < -0.39 is 0 Å². The predicted octanol–water partition coefficient (Wildman–Crippen LogP) is 4.43. The van der Waals surface area contributed by atoms with E-state index in [1.54, 1.807) is 47.4 Å². The Morgan fingerprint density at radius 1 is 0.938 bits per heavy atom. The summed E-state index contributed by atoms with van der Waals surface area (Å²) in [6.07, 6.45) is 0. The van der Waals surface area contributed by atoms with Gasteiger partial charge in [-0.3, -0.25) is 9.59 Å². The Balaban J connectivity index is 1.53. The number of hydrogen-bond acceptors (Lipinski definition) is 5. The third-order valence-electron chi connectivity index (χ3n) is 5.02. The highest BCUT2D eigenvalue weighted by atomic mass is 32.2. The van der Waals surface area contributed by atoms with Crippen LogP contribution in [0.4, 0.5) is 5.69 Å². The molecule has 1 heterocycles. The predicted molar refractivity (Wildman–Crippen MR) is 123 cm³/mol. The summed E-state index contributed by atoms with van der Waals surface area (Å²) in [6.45, 7) is 2.19. The molecule has 0 aromatic heterocycles. The van der Waals surface area contributed by atoms with Crippen LogP contribution in [0.1, 0.15) is 26.3 Å². The maximum absolute atomic E-state index is 13.1. The number of ether oxygens (including phenoxy) is 1. The molecule has 0 unspecified atom stereocenters. The molecule has 7 heteroatoms. The number of morpholine rings is 1. The summed E-state index contributed by atoms with van der Waals surface area (Å²) < 4.78 is 5.31. The Bertz CT molecular complexity index is 1180. The van der Waals surface area contributed by atoms with Crippen LogP contribution < -0.4 is 5.32 Å². The van der Waals surface area contributed by atoms with Crippen molar-refractivity contribution in [3.05, 3.63) is 89.5 Å². The number of hydrogen-bond donors (Lipinski definition) is 1. The number of nitriles is 1. The van der Waals surface area contributed by atoms with Crippen LogP contribution in [0.15, 0.2) is 82.6 Å². The van der Waals surface area contributed by atoms with Gasteiger partial charge in [-0.05, 0) is 42.5 Å². The van der Waals surface area contributed by atoms with Crippen molar-refractivity contribution >= 4 is 29.3 Å². The maximum Gasteiger partial charge on any atom is 0.256 e. The van der Waals surface area contributed by atoms with Gasteiger partial charge in [-0.1, -0.05) is 42.1 Å². The summed E-state index contributed by atoms with van der Waals surface area (Å²) in [7, 11) is 0. The van der Waals surface area contributed by atoms with E-state index in [0.29, 0.717) is 48.7 Å². The van der Waals surface area contributed by atoms with E-state index >= 15 is 0 Å². The molecule has 0 bridgehead atoms. The molecule has 32 heavy (non-hydrogen) atoms. The first kappa shape index (κ1) is 21.6. The molecule has 160 valence electrons. The molecule has 1 aliphatic rings. The third-order valence-corrected chi connectivity index (χ3v) is 6.18. The highest BCUT2D eigenvalue weighted by Crippen LogP contribution is 2.33. The Kier molecular flexibility index (Phi) is 6.85. The van der Waals surface area contributed by atoms with Gasteiger partial charge in [-0.2, -0.15) is 5.26 Å². The fourth-order valence-electron chi connectivity index (χ4n) is 3.39. The zero-order valence-electron chi connectivity index (χ0n) is 17.3. The van der Waals surface area contributed by atoms with Crippen LogP contribution in [0, 0.1) is 11.3 Å². The van der Waals surface area contributed by atoms with Gasteiger partial charge < -0.3 is 15.0 Å². The minimum atomic E-state index is -0.279. The van der Waals surface area contributed by atoms with E-state index in [-0.39, 0.29) is 11.8 Å². The molecule has 0 aliphatic carbocycles. The number of rotatable bonds is 5. The lowest BCUT2D eigenvalue weighted by Crippen LogP contribution is -2.40. The minimum Gasteiger partial charge on any atom is -0.378 e. The minimum absolute atomic E-state index is 0.0755. The number of nitrogens with zero attached hydrogens (tertiary/aromatic N) is 2. The normalized spacial score (nSPS) is 13.3. The molecule has 0 spiro atoms. The Labute approximate surface area is 190 Å². The molecule has 1 fully saturated rings. The number of amides is 2. The number of carbonyl (C=O) groups is 2. The van der Waals surface area contributed by atoms with Crippen LogP contribution in [0.5, 0.6) is 0 Å². The van der Waals surface area contributed by atoms with Crippen molar-refractivity contribution in [2.45, 2.75) is 9.79 Å². The lowest BCUT2D eigenvalue weighted by atomic mass is 10.1. The Morgan fingerprint density at radius 2 is 1.66 bits per heavy atom. The second kappa shape index (κ2) is 10.1. The van der Waals surface area contributed by atoms with E-state index in [2.05, 4.69) is 11.4 Å². The van der Waals surface area contributed by atoms with E-state index in [9.17, 15) is 14.9 Å². The molecular formula is C25H21N3O3S.